The first kappa shape index (κ1) is 17.4. The lowest BCUT2D eigenvalue weighted by atomic mass is 9.74. The molecule has 0 unspecified atom stereocenters. The van der Waals surface area contributed by atoms with Gasteiger partial charge in [-0.3, -0.25) is 4.79 Å². The molecule has 1 saturated heterocycles. The molecule has 1 amide bonds. The van der Waals surface area contributed by atoms with E-state index in [0.717, 1.165) is 51.4 Å². The second kappa shape index (κ2) is 8.13. The summed E-state index contributed by atoms with van der Waals surface area (Å²) >= 11 is 0. The van der Waals surface area contributed by atoms with Crippen molar-refractivity contribution in [3.63, 3.8) is 0 Å². The van der Waals surface area contributed by atoms with Crippen molar-refractivity contribution >= 4 is 5.91 Å². The molecular weight excluding hydrogens is 302 g/mol. The topological polar surface area (TPSA) is 58.6 Å². The SMILES string of the molecule is O=C(N[C@@H]1CCCCC[C@H]1O)C1(Cc2ccccc2)CCOCC1. The van der Waals surface area contributed by atoms with Crippen LogP contribution in [0, 0.1) is 5.41 Å². The lowest BCUT2D eigenvalue weighted by Gasteiger charge is -2.37. The molecule has 1 aliphatic heterocycles. The van der Waals surface area contributed by atoms with E-state index in [9.17, 15) is 9.90 Å². The Bertz CT molecular complexity index is 525. The number of aliphatic hydroxyl groups is 1. The molecule has 0 aromatic heterocycles. The van der Waals surface area contributed by atoms with Crippen molar-refractivity contribution in [2.75, 3.05) is 13.2 Å². The van der Waals surface area contributed by atoms with Gasteiger partial charge in [-0.1, -0.05) is 49.6 Å². The predicted molar refractivity (Wildman–Crippen MR) is 93.7 cm³/mol. The van der Waals surface area contributed by atoms with Crippen LogP contribution in [0.15, 0.2) is 30.3 Å². The van der Waals surface area contributed by atoms with E-state index in [1.807, 2.05) is 18.2 Å². The van der Waals surface area contributed by atoms with Crippen LogP contribution in [-0.4, -0.2) is 36.4 Å². The number of hydrogen-bond donors (Lipinski definition) is 2. The molecule has 0 radical (unpaired) electrons. The summed E-state index contributed by atoms with van der Waals surface area (Å²) in [6.07, 6.45) is 6.77. The fourth-order valence-corrected chi connectivity index (χ4v) is 4.01. The van der Waals surface area contributed by atoms with E-state index in [1.54, 1.807) is 0 Å². The lowest BCUT2D eigenvalue weighted by molar-refractivity contribution is -0.138. The summed E-state index contributed by atoms with van der Waals surface area (Å²) in [6.45, 7) is 1.26. The van der Waals surface area contributed by atoms with Gasteiger partial charge in [-0.15, -0.1) is 0 Å². The summed E-state index contributed by atoms with van der Waals surface area (Å²) < 4.78 is 5.51. The highest BCUT2D eigenvalue weighted by atomic mass is 16.5. The molecule has 0 bridgehead atoms. The quantitative estimate of drug-likeness (QED) is 0.834. The summed E-state index contributed by atoms with van der Waals surface area (Å²) in [4.78, 5) is 13.2. The average molecular weight is 331 g/mol. The third-order valence-corrected chi connectivity index (χ3v) is 5.61. The van der Waals surface area contributed by atoms with Gasteiger partial charge in [-0.05, 0) is 37.7 Å². The second-order valence-electron chi connectivity index (χ2n) is 7.34. The maximum absolute atomic E-state index is 13.2. The van der Waals surface area contributed by atoms with Crippen LogP contribution in [0.3, 0.4) is 0 Å². The average Bonchev–Trinajstić information content (AvgIpc) is 2.81. The van der Waals surface area contributed by atoms with Gasteiger partial charge in [0.1, 0.15) is 0 Å². The van der Waals surface area contributed by atoms with E-state index < -0.39 is 11.5 Å². The van der Waals surface area contributed by atoms with Crippen molar-refractivity contribution in [3.8, 4) is 0 Å². The normalized spacial score (nSPS) is 27.2. The zero-order chi connectivity index (χ0) is 16.8. The minimum Gasteiger partial charge on any atom is -0.391 e. The molecule has 1 aromatic carbocycles. The highest BCUT2D eigenvalue weighted by molar-refractivity contribution is 5.83. The van der Waals surface area contributed by atoms with E-state index in [0.29, 0.717) is 13.2 Å². The Morgan fingerprint density at radius 1 is 1.12 bits per heavy atom. The van der Waals surface area contributed by atoms with Gasteiger partial charge < -0.3 is 15.2 Å². The van der Waals surface area contributed by atoms with Gasteiger partial charge >= 0.3 is 0 Å². The zero-order valence-electron chi connectivity index (χ0n) is 14.4. The van der Waals surface area contributed by atoms with Crippen LogP contribution in [0.5, 0.6) is 0 Å². The number of carbonyl (C=O) groups excluding carboxylic acids is 1. The van der Waals surface area contributed by atoms with Crippen molar-refractivity contribution in [2.24, 2.45) is 5.41 Å². The molecule has 2 atom stereocenters. The van der Waals surface area contributed by atoms with E-state index >= 15 is 0 Å². The molecule has 132 valence electrons. The highest BCUT2D eigenvalue weighted by Gasteiger charge is 2.41. The molecule has 0 spiro atoms. The second-order valence-corrected chi connectivity index (χ2v) is 7.34. The van der Waals surface area contributed by atoms with Gasteiger partial charge in [0.15, 0.2) is 0 Å². The highest BCUT2D eigenvalue weighted by Crippen LogP contribution is 2.35. The molecule has 1 saturated carbocycles. The summed E-state index contributed by atoms with van der Waals surface area (Å²) in [5, 5.41) is 13.5. The third kappa shape index (κ3) is 4.17. The summed E-state index contributed by atoms with van der Waals surface area (Å²) in [5.74, 6) is 0.0978. The summed E-state index contributed by atoms with van der Waals surface area (Å²) in [5.41, 5.74) is 0.780. The third-order valence-electron chi connectivity index (χ3n) is 5.61. The number of nitrogens with one attached hydrogen (secondary N) is 1. The first-order valence-corrected chi connectivity index (χ1v) is 9.30. The van der Waals surface area contributed by atoms with Crippen molar-refractivity contribution < 1.29 is 14.6 Å². The molecule has 2 aliphatic rings. The van der Waals surface area contributed by atoms with Crippen LogP contribution in [0.2, 0.25) is 0 Å². The number of rotatable bonds is 4. The van der Waals surface area contributed by atoms with Crippen LogP contribution in [0.4, 0.5) is 0 Å². The fourth-order valence-electron chi connectivity index (χ4n) is 4.01. The number of benzene rings is 1. The van der Waals surface area contributed by atoms with Gasteiger partial charge in [-0.2, -0.15) is 0 Å². The molecule has 4 nitrogen and oxygen atoms in total. The number of aliphatic hydroxyl groups excluding tert-OH is 1. The Morgan fingerprint density at radius 3 is 2.58 bits per heavy atom. The molecule has 3 rings (SSSR count). The molecular formula is C20H29NO3. The van der Waals surface area contributed by atoms with E-state index in [4.69, 9.17) is 4.74 Å². The van der Waals surface area contributed by atoms with Gasteiger partial charge in [0.25, 0.3) is 0 Å². The predicted octanol–water partition coefficient (Wildman–Crippen LogP) is 2.84. The van der Waals surface area contributed by atoms with E-state index in [1.165, 1.54) is 5.56 Å². The summed E-state index contributed by atoms with van der Waals surface area (Å²) in [7, 11) is 0. The Morgan fingerprint density at radius 2 is 1.83 bits per heavy atom. The Hall–Kier alpha value is -1.39. The monoisotopic (exact) mass is 331 g/mol. The van der Waals surface area contributed by atoms with Crippen LogP contribution in [0.25, 0.3) is 0 Å². The lowest BCUT2D eigenvalue weighted by Crippen LogP contribution is -2.52. The molecule has 2 N–H and O–H groups in total. The first-order chi connectivity index (χ1) is 11.7. The number of hydrogen-bond acceptors (Lipinski definition) is 3. The largest absolute Gasteiger partial charge is 0.391 e. The fraction of sp³-hybridized carbons (Fsp3) is 0.650. The molecule has 1 aliphatic carbocycles. The van der Waals surface area contributed by atoms with Crippen LogP contribution >= 0.6 is 0 Å². The van der Waals surface area contributed by atoms with Gasteiger partial charge in [0, 0.05) is 13.2 Å². The Labute approximate surface area is 144 Å². The maximum Gasteiger partial charge on any atom is 0.227 e. The molecule has 1 heterocycles. The van der Waals surface area contributed by atoms with Crippen LogP contribution in [0.1, 0.15) is 50.5 Å². The Kier molecular flexibility index (Phi) is 5.90. The first-order valence-electron chi connectivity index (χ1n) is 9.30. The van der Waals surface area contributed by atoms with Crippen LogP contribution in [-0.2, 0) is 16.0 Å². The molecule has 4 heteroatoms. The van der Waals surface area contributed by atoms with Gasteiger partial charge in [0.05, 0.1) is 17.6 Å². The van der Waals surface area contributed by atoms with Gasteiger partial charge in [-0.25, -0.2) is 0 Å². The number of amides is 1. The van der Waals surface area contributed by atoms with Crippen molar-refractivity contribution in [2.45, 2.75) is 63.5 Å². The van der Waals surface area contributed by atoms with E-state index in [-0.39, 0.29) is 11.9 Å². The summed E-state index contributed by atoms with van der Waals surface area (Å²) in [6, 6.07) is 10.1. The van der Waals surface area contributed by atoms with Gasteiger partial charge in [0.2, 0.25) is 5.91 Å². The van der Waals surface area contributed by atoms with Crippen LogP contribution < -0.4 is 5.32 Å². The van der Waals surface area contributed by atoms with Crippen molar-refractivity contribution in [1.29, 1.82) is 0 Å². The number of carbonyl (C=O) groups is 1. The Balaban J connectivity index is 1.73. The number of ether oxygens (including phenoxy) is 1. The molecule has 1 aromatic rings. The van der Waals surface area contributed by atoms with Crippen molar-refractivity contribution in [3.05, 3.63) is 35.9 Å². The molecule has 24 heavy (non-hydrogen) atoms. The minimum absolute atomic E-state index is 0.0978. The molecule has 2 fully saturated rings. The standard InChI is InChI=1S/C20H29NO3/c22-18-10-6-2-5-9-17(18)21-19(23)20(11-13-24-14-12-20)15-16-7-3-1-4-8-16/h1,3-4,7-8,17-18,22H,2,5-6,9-15H2,(H,21,23)/t17-,18-/m1/s1. The maximum atomic E-state index is 13.2. The van der Waals surface area contributed by atoms with E-state index in [2.05, 4.69) is 17.4 Å². The smallest absolute Gasteiger partial charge is 0.227 e. The zero-order valence-corrected chi connectivity index (χ0v) is 14.4. The minimum atomic E-state index is -0.412. The van der Waals surface area contributed by atoms with Crippen molar-refractivity contribution in [1.82, 2.24) is 5.32 Å².